The highest BCUT2D eigenvalue weighted by atomic mass is 16.7. The van der Waals surface area contributed by atoms with Gasteiger partial charge in [-0.3, -0.25) is 0 Å². The standard InChI is InChI=1S/C32H48O7/c1-7-8-9-21(15-17-33)20(2)25-12-13-26-24-11-10-22-18-23(38-29(34)36-5)19-28(39-30(35)37-6)32(22,4)27(24)14-16-31(25,26)3/h10-11,17,20-21,23,25-28H,7-9,12-16,18-19H2,1-6H3/t20-,21+,23-,25-,26+,27+,28+,31-,32+/m1/s1. The van der Waals surface area contributed by atoms with Crippen LogP contribution in [0, 0.1) is 40.4 Å². The molecule has 0 unspecified atom stereocenters. The maximum Gasteiger partial charge on any atom is 0.508 e. The number of methoxy groups -OCH3 is 2. The summed E-state index contributed by atoms with van der Waals surface area (Å²) in [7, 11) is 2.62. The van der Waals surface area contributed by atoms with Crippen LogP contribution in [0.3, 0.4) is 0 Å². The summed E-state index contributed by atoms with van der Waals surface area (Å²) in [5.74, 6) is 2.29. The van der Waals surface area contributed by atoms with Crippen LogP contribution in [0.1, 0.15) is 91.9 Å². The molecule has 0 spiro atoms. The van der Waals surface area contributed by atoms with Crippen molar-refractivity contribution >= 4 is 18.6 Å². The molecule has 0 amide bonds. The zero-order chi connectivity index (χ0) is 28.4. The van der Waals surface area contributed by atoms with E-state index in [2.05, 4.69) is 39.8 Å². The van der Waals surface area contributed by atoms with Crippen LogP contribution in [0.15, 0.2) is 23.3 Å². The van der Waals surface area contributed by atoms with Crippen LogP contribution in [0.5, 0.6) is 0 Å². The van der Waals surface area contributed by atoms with Gasteiger partial charge in [-0.1, -0.05) is 63.8 Å². The summed E-state index contributed by atoms with van der Waals surface area (Å²) in [5, 5.41) is 0. The van der Waals surface area contributed by atoms with E-state index in [1.807, 2.05) is 0 Å². The Morgan fingerprint density at radius 2 is 1.77 bits per heavy atom. The Kier molecular flexibility index (Phi) is 9.17. The second-order valence-corrected chi connectivity index (χ2v) is 12.8. The smallest absolute Gasteiger partial charge is 0.438 e. The van der Waals surface area contributed by atoms with E-state index in [1.54, 1.807) is 0 Å². The van der Waals surface area contributed by atoms with Gasteiger partial charge in [0.05, 0.1) is 14.2 Å². The number of aldehydes is 1. The van der Waals surface area contributed by atoms with Crippen LogP contribution < -0.4 is 0 Å². The van der Waals surface area contributed by atoms with Crippen LogP contribution in [0.25, 0.3) is 0 Å². The monoisotopic (exact) mass is 544 g/mol. The molecule has 9 atom stereocenters. The van der Waals surface area contributed by atoms with E-state index in [-0.39, 0.29) is 16.7 Å². The molecule has 4 rings (SSSR count). The molecule has 3 saturated carbocycles. The number of carbonyl (C=O) groups is 3. The first-order valence-corrected chi connectivity index (χ1v) is 15.0. The Hall–Kier alpha value is -2.31. The third kappa shape index (κ3) is 5.39. The van der Waals surface area contributed by atoms with Gasteiger partial charge < -0.3 is 23.7 Å². The first-order valence-electron chi connectivity index (χ1n) is 15.0. The second kappa shape index (κ2) is 12.1. The van der Waals surface area contributed by atoms with E-state index in [4.69, 9.17) is 18.9 Å². The Labute approximate surface area is 234 Å². The van der Waals surface area contributed by atoms with Crippen LogP contribution in [0.4, 0.5) is 9.59 Å². The fourth-order valence-electron chi connectivity index (χ4n) is 9.03. The number of carbonyl (C=O) groups excluding carboxylic acids is 3. The number of ether oxygens (including phenoxy) is 4. The summed E-state index contributed by atoms with van der Waals surface area (Å²) in [5.41, 5.74) is 2.44. The Balaban J connectivity index is 1.63. The Morgan fingerprint density at radius 1 is 1.05 bits per heavy atom. The second-order valence-electron chi connectivity index (χ2n) is 12.8. The largest absolute Gasteiger partial charge is 0.508 e. The predicted molar refractivity (Wildman–Crippen MR) is 148 cm³/mol. The molecule has 0 aromatic heterocycles. The van der Waals surface area contributed by atoms with Crippen molar-refractivity contribution in [2.75, 3.05) is 14.2 Å². The minimum Gasteiger partial charge on any atom is -0.438 e. The van der Waals surface area contributed by atoms with Gasteiger partial charge >= 0.3 is 12.3 Å². The molecule has 0 radical (unpaired) electrons. The molecular formula is C32H48O7. The van der Waals surface area contributed by atoms with Gasteiger partial charge in [-0.25, -0.2) is 9.59 Å². The van der Waals surface area contributed by atoms with Gasteiger partial charge in [0.15, 0.2) is 0 Å². The van der Waals surface area contributed by atoms with Crippen molar-refractivity contribution in [3.8, 4) is 0 Å². The average Bonchev–Trinajstić information content (AvgIpc) is 3.28. The fraction of sp³-hybridized carbons (Fsp3) is 0.781. The van der Waals surface area contributed by atoms with Gasteiger partial charge in [0.1, 0.15) is 18.5 Å². The predicted octanol–water partition coefficient (Wildman–Crippen LogP) is 7.43. The lowest BCUT2D eigenvalue weighted by atomic mass is 9.49. The summed E-state index contributed by atoms with van der Waals surface area (Å²) < 4.78 is 21.1. The number of hydrogen-bond donors (Lipinski definition) is 0. The highest BCUT2D eigenvalue weighted by molar-refractivity contribution is 5.61. The molecule has 0 aromatic carbocycles. The summed E-state index contributed by atoms with van der Waals surface area (Å²) in [6.07, 6.45) is 12.9. The minimum atomic E-state index is -0.723. The Bertz CT molecular complexity index is 985. The lowest BCUT2D eigenvalue weighted by Crippen LogP contribution is -2.54. The van der Waals surface area contributed by atoms with Gasteiger partial charge in [-0.05, 0) is 67.1 Å². The molecule has 0 heterocycles. The first kappa shape index (κ1) is 29.7. The third-order valence-corrected chi connectivity index (χ3v) is 11.2. The third-order valence-electron chi connectivity index (χ3n) is 11.2. The van der Waals surface area contributed by atoms with Crippen molar-refractivity contribution in [2.24, 2.45) is 40.4 Å². The molecular weight excluding hydrogens is 496 g/mol. The van der Waals surface area contributed by atoms with Crippen molar-refractivity contribution in [1.82, 2.24) is 0 Å². The fourth-order valence-corrected chi connectivity index (χ4v) is 9.03. The number of fused-ring (bicyclic) bond motifs is 5. The number of allylic oxidation sites excluding steroid dienone is 3. The number of hydrogen-bond acceptors (Lipinski definition) is 7. The van der Waals surface area contributed by atoms with Crippen LogP contribution in [0.2, 0.25) is 0 Å². The van der Waals surface area contributed by atoms with E-state index in [9.17, 15) is 14.4 Å². The number of rotatable bonds is 9. The topological polar surface area (TPSA) is 88.1 Å². The van der Waals surface area contributed by atoms with E-state index in [0.717, 1.165) is 44.0 Å². The minimum absolute atomic E-state index is 0.195. The van der Waals surface area contributed by atoms with E-state index >= 15 is 0 Å². The van der Waals surface area contributed by atoms with Gasteiger partial charge in [-0.15, -0.1) is 0 Å². The Morgan fingerprint density at radius 3 is 2.44 bits per heavy atom. The average molecular weight is 545 g/mol. The summed E-state index contributed by atoms with van der Waals surface area (Å²) in [6, 6.07) is 0. The molecule has 7 nitrogen and oxygen atoms in total. The van der Waals surface area contributed by atoms with E-state index in [1.165, 1.54) is 32.6 Å². The van der Waals surface area contributed by atoms with Crippen LogP contribution in [-0.4, -0.2) is 45.0 Å². The first-order chi connectivity index (χ1) is 18.6. The normalized spacial score (nSPS) is 36.6. The zero-order valence-electron chi connectivity index (χ0n) is 24.7. The van der Waals surface area contributed by atoms with Crippen molar-refractivity contribution in [2.45, 2.75) is 104 Å². The van der Waals surface area contributed by atoms with Crippen molar-refractivity contribution in [3.05, 3.63) is 23.3 Å². The molecule has 39 heavy (non-hydrogen) atoms. The molecule has 0 saturated heterocycles. The molecule has 218 valence electrons. The quantitative estimate of drug-likeness (QED) is 0.220. The summed E-state index contributed by atoms with van der Waals surface area (Å²) in [4.78, 5) is 35.8. The lowest BCUT2D eigenvalue weighted by Gasteiger charge is -2.57. The van der Waals surface area contributed by atoms with E-state index < -0.39 is 24.5 Å². The van der Waals surface area contributed by atoms with Crippen LogP contribution in [-0.2, 0) is 23.7 Å². The number of unbranched alkanes of at least 4 members (excludes halogenated alkanes) is 1. The maximum absolute atomic E-state index is 12.3. The van der Waals surface area contributed by atoms with Gasteiger partial charge in [-0.2, -0.15) is 0 Å². The molecule has 4 aliphatic rings. The van der Waals surface area contributed by atoms with Crippen molar-refractivity contribution in [1.29, 1.82) is 0 Å². The van der Waals surface area contributed by atoms with Crippen molar-refractivity contribution in [3.63, 3.8) is 0 Å². The molecule has 0 N–H and O–H groups in total. The molecule has 0 bridgehead atoms. The molecule has 7 heteroatoms. The van der Waals surface area contributed by atoms with Crippen LogP contribution >= 0.6 is 0 Å². The molecule has 4 aliphatic carbocycles. The highest BCUT2D eigenvalue weighted by Gasteiger charge is 2.60. The summed E-state index contributed by atoms with van der Waals surface area (Å²) in [6.45, 7) is 9.33. The molecule has 0 aromatic rings. The van der Waals surface area contributed by atoms with Gasteiger partial charge in [0.2, 0.25) is 0 Å². The van der Waals surface area contributed by atoms with Crippen molar-refractivity contribution < 1.29 is 33.3 Å². The zero-order valence-corrected chi connectivity index (χ0v) is 24.7. The van der Waals surface area contributed by atoms with Gasteiger partial charge in [0.25, 0.3) is 0 Å². The van der Waals surface area contributed by atoms with Gasteiger partial charge in [0, 0.05) is 24.7 Å². The van der Waals surface area contributed by atoms with E-state index in [0.29, 0.717) is 42.9 Å². The maximum atomic E-state index is 12.3. The lowest BCUT2D eigenvalue weighted by molar-refractivity contribution is -0.109. The molecule has 0 aliphatic heterocycles. The summed E-state index contributed by atoms with van der Waals surface area (Å²) >= 11 is 0. The molecule has 3 fully saturated rings. The SMILES string of the molecule is CCCC[C@@H](CC=O)[C@@H](C)[C@H]1CC[C@H]2C3=CC=C4C[C@@H](OC(=O)OC)C[C@H](OC(=O)OC)[C@]4(C)[C@H]3CC[C@]12C. The highest BCUT2D eigenvalue weighted by Crippen LogP contribution is 2.66.